The molecule has 0 radical (unpaired) electrons. The average molecular weight is 419 g/mol. The molecule has 0 spiro atoms. The molecule has 2 aromatic carbocycles. The monoisotopic (exact) mass is 418 g/mol. The van der Waals surface area contributed by atoms with Crippen molar-refractivity contribution in [1.29, 1.82) is 0 Å². The second kappa shape index (κ2) is 7.88. The van der Waals surface area contributed by atoms with Gasteiger partial charge in [-0.3, -0.25) is 4.72 Å². The molecule has 0 aromatic heterocycles. The van der Waals surface area contributed by atoms with Crippen molar-refractivity contribution in [3.05, 3.63) is 47.5 Å². The normalized spacial score (nSPS) is 16.9. The Kier molecular flexibility index (Phi) is 5.83. The van der Waals surface area contributed by atoms with Crippen LogP contribution in [0.1, 0.15) is 31.9 Å². The van der Waals surface area contributed by atoms with Crippen molar-refractivity contribution >= 4 is 15.7 Å². The number of nitrogens with zero attached hydrogens (tertiary/aromatic N) is 1. The highest BCUT2D eigenvalue weighted by Gasteiger charge is 2.28. The second-order valence-corrected chi connectivity index (χ2v) is 10.3. The standard InChI is InChI=1S/C22H30N2O4S/c1-22(2,3)15-7-9-17(10-8-15)29(25,26)23-19-11-12-20(27-6)18-13-16(24(4)5)14-28-21(18)19/h7-12,16,23H,13-14H2,1-6H3/t16-/m1/s1. The van der Waals surface area contributed by atoms with Gasteiger partial charge in [0.05, 0.1) is 17.7 Å². The summed E-state index contributed by atoms with van der Waals surface area (Å²) in [6.07, 6.45) is 0.724. The van der Waals surface area contributed by atoms with Gasteiger partial charge < -0.3 is 14.4 Å². The van der Waals surface area contributed by atoms with Gasteiger partial charge in [0, 0.05) is 11.6 Å². The van der Waals surface area contributed by atoms with Crippen LogP contribution in [0, 0.1) is 0 Å². The Morgan fingerprint density at radius 1 is 1.10 bits per heavy atom. The van der Waals surface area contributed by atoms with E-state index in [9.17, 15) is 8.42 Å². The van der Waals surface area contributed by atoms with Crippen LogP contribution in [0.25, 0.3) is 0 Å². The predicted octanol–water partition coefficient (Wildman–Crippen LogP) is 3.66. The van der Waals surface area contributed by atoms with Crippen LogP contribution < -0.4 is 14.2 Å². The maximum Gasteiger partial charge on any atom is 0.262 e. The lowest BCUT2D eigenvalue weighted by Gasteiger charge is -2.32. The van der Waals surface area contributed by atoms with E-state index in [1.165, 1.54) is 0 Å². The summed E-state index contributed by atoms with van der Waals surface area (Å²) in [5.74, 6) is 1.24. The number of anilines is 1. The number of rotatable bonds is 5. The van der Waals surface area contributed by atoms with Gasteiger partial charge in [-0.25, -0.2) is 8.42 Å². The summed E-state index contributed by atoms with van der Waals surface area (Å²) < 4.78 is 40.1. The van der Waals surface area contributed by atoms with Crippen LogP contribution in [-0.4, -0.2) is 47.2 Å². The zero-order valence-corrected chi connectivity index (χ0v) is 18.8. The van der Waals surface area contributed by atoms with Crippen molar-refractivity contribution in [1.82, 2.24) is 4.90 Å². The summed E-state index contributed by atoms with van der Waals surface area (Å²) >= 11 is 0. The first kappa shape index (κ1) is 21.5. The molecule has 2 aromatic rings. The molecule has 0 aliphatic carbocycles. The zero-order valence-electron chi connectivity index (χ0n) is 17.9. The summed E-state index contributed by atoms with van der Waals surface area (Å²) in [5, 5.41) is 0. The quantitative estimate of drug-likeness (QED) is 0.803. The molecule has 0 saturated heterocycles. The summed E-state index contributed by atoms with van der Waals surface area (Å²) in [6, 6.07) is 10.7. The topological polar surface area (TPSA) is 67.9 Å². The Balaban J connectivity index is 1.93. The summed E-state index contributed by atoms with van der Waals surface area (Å²) in [7, 11) is 1.87. The molecule has 158 valence electrons. The van der Waals surface area contributed by atoms with Crippen molar-refractivity contribution in [3.63, 3.8) is 0 Å². The van der Waals surface area contributed by atoms with Crippen LogP contribution in [0.2, 0.25) is 0 Å². The third kappa shape index (κ3) is 4.51. The lowest BCUT2D eigenvalue weighted by Crippen LogP contribution is -2.38. The Bertz CT molecular complexity index is 977. The number of hydrogen-bond donors (Lipinski definition) is 1. The van der Waals surface area contributed by atoms with Crippen molar-refractivity contribution in [2.75, 3.05) is 32.5 Å². The van der Waals surface area contributed by atoms with Crippen LogP contribution in [0.15, 0.2) is 41.3 Å². The molecule has 0 fully saturated rings. The largest absolute Gasteiger partial charge is 0.496 e. The molecule has 1 atom stereocenters. The van der Waals surface area contributed by atoms with Gasteiger partial charge in [0.2, 0.25) is 0 Å². The average Bonchev–Trinajstić information content (AvgIpc) is 2.67. The SMILES string of the molecule is COc1ccc(NS(=O)(=O)c2ccc(C(C)(C)C)cc2)c2c1C[C@@H](N(C)C)CO2. The number of sulfonamides is 1. The smallest absolute Gasteiger partial charge is 0.262 e. The number of fused-ring (bicyclic) bond motifs is 1. The minimum Gasteiger partial charge on any atom is -0.496 e. The van der Waals surface area contributed by atoms with Crippen molar-refractivity contribution < 1.29 is 17.9 Å². The second-order valence-electron chi connectivity index (χ2n) is 8.64. The Hall–Kier alpha value is -2.25. The minimum atomic E-state index is -3.74. The molecule has 1 N–H and O–H groups in total. The van der Waals surface area contributed by atoms with E-state index >= 15 is 0 Å². The van der Waals surface area contributed by atoms with E-state index < -0.39 is 10.0 Å². The number of likely N-dealkylation sites (N-methyl/N-ethyl adjacent to an activating group) is 1. The van der Waals surface area contributed by atoms with E-state index in [1.807, 2.05) is 26.2 Å². The van der Waals surface area contributed by atoms with Crippen LogP contribution in [0.3, 0.4) is 0 Å². The highest BCUT2D eigenvalue weighted by atomic mass is 32.2. The maximum atomic E-state index is 13.0. The molecule has 29 heavy (non-hydrogen) atoms. The fourth-order valence-electron chi connectivity index (χ4n) is 3.38. The molecule has 0 saturated carbocycles. The van der Waals surface area contributed by atoms with Crippen LogP contribution in [0.5, 0.6) is 11.5 Å². The van der Waals surface area contributed by atoms with E-state index in [4.69, 9.17) is 9.47 Å². The van der Waals surface area contributed by atoms with Gasteiger partial charge in [-0.1, -0.05) is 32.9 Å². The first-order valence-electron chi connectivity index (χ1n) is 9.65. The molecule has 1 aliphatic rings. The summed E-state index contributed by atoms with van der Waals surface area (Å²) in [5.41, 5.74) is 2.34. The van der Waals surface area contributed by atoms with Gasteiger partial charge in [0.25, 0.3) is 10.0 Å². The number of benzene rings is 2. The first-order chi connectivity index (χ1) is 13.5. The van der Waals surface area contributed by atoms with E-state index in [0.717, 1.165) is 17.5 Å². The van der Waals surface area contributed by atoms with E-state index in [2.05, 4.69) is 30.4 Å². The minimum absolute atomic E-state index is 0.0401. The zero-order chi connectivity index (χ0) is 21.4. The first-order valence-corrected chi connectivity index (χ1v) is 11.1. The van der Waals surface area contributed by atoms with Gasteiger partial charge in [0.15, 0.2) is 0 Å². The van der Waals surface area contributed by atoms with Crippen LogP contribution in [0.4, 0.5) is 5.69 Å². The Morgan fingerprint density at radius 3 is 2.31 bits per heavy atom. The van der Waals surface area contributed by atoms with Crippen LogP contribution in [-0.2, 0) is 21.9 Å². The number of nitrogens with one attached hydrogen (secondary N) is 1. The van der Waals surface area contributed by atoms with Crippen molar-refractivity contribution in [3.8, 4) is 11.5 Å². The molecule has 3 rings (SSSR count). The van der Waals surface area contributed by atoms with Gasteiger partial charge in [-0.2, -0.15) is 0 Å². The van der Waals surface area contributed by atoms with E-state index in [1.54, 1.807) is 31.4 Å². The molecule has 1 aliphatic heterocycles. The van der Waals surface area contributed by atoms with Gasteiger partial charge >= 0.3 is 0 Å². The predicted molar refractivity (Wildman–Crippen MR) is 116 cm³/mol. The molecule has 6 nitrogen and oxygen atoms in total. The molecule has 7 heteroatoms. The molecule has 1 heterocycles. The summed E-state index contributed by atoms with van der Waals surface area (Å²) in [4.78, 5) is 2.31. The number of hydrogen-bond acceptors (Lipinski definition) is 5. The maximum absolute atomic E-state index is 13.0. The molecular weight excluding hydrogens is 388 g/mol. The Morgan fingerprint density at radius 2 is 1.76 bits per heavy atom. The third-order valence-electron chi connectivity index (χ3n) is 5.30. The van der Waals surface area contributed by atoms with Gasteiger partial charge in [0.1, 0.15) is 18.1 Å². The van der Waals surface area contributed by atoms with E-state index in [0.29, 0.717) is 23.8 Å². The van der Waals surface area contributed by atoms with Gasteiger partial charge in [-0.05, 0) is 55.8 Å². The fourth-order valence-corrected chi connectivity index (χ4v) is 4.45. The van der Waals surface area contributed by atoms with Crippen LogP contribution >= 0.6 is 0 Å². The Labute approximate surface area is 173 Å². The van der Waals surface area contributed by atoms with Gasteiger partial charge in [-0.15, -0.1) is 0 Å². The highest BCUT2D eigenvalue weighted by molar-refractivity contribution is 7.92. The number of methoxy groups -OCH3 is 1. The van der Waals surface area contributed by atoms with E-state index in [-0.39, 0.29) is 16.4 Å². The third-order valence-corrected chi connectivity index (χ3v) is 6.68. The number of ether oxygens (including phenoxy) is 2. The van der Waals surface area contributed by atoms with Crippen molar-refractivity contribution in [2.24, 2.45) is 0 Å². The molecule has 0 amide bonds. The van der Waals surface area contributed by atoms with Crippen molar-refractivity contribution in [2.45, 2.75) is 43.5 Å². The summed E-state index contributed by atoms with van der Waals surface area (Å²) in [6.45, 7) is 6.77. The highest BCUT2D eigenvalue weighted by Crippen LogP contribution is 2.40. The lowest BCUT2D eigenvalue weighted by molar-refractivity contribution is 0.164. The fraction of sp³-hybridized carbons (Fsp3) is 0.455. The molecule has 0 bridgehead atoms. The lowest BCUT2D eigenvalue weighted by atomic mass is 9.87. The molecule has 0 unspecified atom stereocenters. The molecular formula is C22H30N2O4S.